The number of likely N-dealkylation sites (tertiary alicyclic amines) is 1. The van der Waals surface area contributed by atoms with Crippen LogP contribution in [0.25, 0.3) is 10.4 Å². The molecule has 1 saturated heterocycles. The summed E-state index contributed by atoms with van der Waals surface area (Å²) in [5.74, 6) is -0.880. The number of rotatable bonds is 4. The van der Waals surface area contributed by atoms with E-state index in [1.807, 2.05) is 24.3 Å². The zero-order valence-corrected chi connectivity index (χ0v) is 12.3. The van der Waals surface area contributed by atoms with E-state index in [2.05, 4.69) is 17.0 Å². The van der Waals surface area contributed by atoms with Crippen molar-refractivity contribution in [3.63, 3.8) is 0 Å². The minimum atomic E-state index is -0.688. The van der Waals surface area contributed by atoms with E-state index in [0.717, 1.165) is 17.1 Å². The second-order valence-electron chi connectivity index (χ2n) is 5.01. The largest absolute Gasteiger partial charge is 0.481 e. The number of carboxylic acid groups (broad SMARTS) is 1. The molecule has 0 aliphatic carbocycles. The monoisotopic (exact) mass is 307 g/mol. The van der Waals surface area contributed by atoms with Crippen molar-refractivity contribution in [3.05, 3.63) is 46.3 Å². The average molecular weight is 308 g/mol. The van der Waals surface area contributed by atoms with Crippen molar-refractivity contribution in [2.24, 2.45) is 5.92 Å². The second kappa shape index (κ2) is 5.56. The number of carboxylic acids is 1. The fourth-order valence-corrected chi connectivity index (χ4v) is 3.57. The molecule has 1 aliphatic heterocycles. The van der Waals surface area contributed by atoms with Crippen LogP contribution in [-0.4, -0.2) is 29.1 Å². The van der Waals surface area contributed by atoms with E-state index in [4.69, 9.17) is 16.7 Å². The van der Waals surface area contributed by atoms with Gasteiger partial charge in [-0.2, -0.15) is 0 Å². The number of hydrogen-bond donors (Lipinski definition) is 1. The first-order valence-electron chi connectivity index (χ1n) is 6.41. The first-order valence-corrected chi connectivity index (χ1v) is 7.61. The maximum Gasteiger partial charge on any atom is 0.309 e. The maximum atomic E-state index is 10.8. The van der Waals surface area contributed by atoms with E-state index >= 15 is 0 Å². The molecule has 0 radical (unpaired) electrons. The van der Waals surface area contributed by atoms with Crippen LogP contribution in [0.1, 0.15) is 4.88 Å². The molecular weight excluding hydrogens is 294 g/mol. The second-order valence-corrected chi connectivity index (χ2v) is 6.61. The van der Waals surface area contributed by atoms with Gasteiger partial charge >= 0.3 is 5.97 Å². The van der Waals surface area contributed by atoms with Gasteiger partial charge in [-0.15, -0.1) is 11.3 Å². The van der Waals surface area contributed by atoms with Gasteiger partial charge in [0.15, 0.2) is 0 Å². The van der Waals surface area contributed by atoms with Gasteiger partial charge in [-0.05, 0) is 29.8 Å². The van der Waals surface area contributed by atoms with Crippen LogP contribution in [0.3, 0.4) is 0 Å². The molecule has 2 heterocycles. The molecule has 104 valence electrons. The van der Waals surface area contributed by atoms with Crippen LogP contribution >= 0.6 is 22.9 Å². The van der Waals surface area contributed by atoms with Gasteiger partial charge in [0.1, 0.15) is 0 Å². The third kappa shape index (κ3) is 2.87. The summed E-state index contributed by atoms with van der Waals surface area (Å²) in [6.45, 7) is 2.13. The third-order valence-electron chi connectivity index (χ3n) is 3.46. The summed E-state index contributed by atoms with van der Waals surface area (Å²) in [5.41, 5.74) is 1.13. The molecule has 1 fully saturated rings. The maximum absolute atomic E-state index is 10.8. The van der Waals surface area contributed by atoms with Crippen LogP contribution in [0.15, 0.2) is 36.4 Å². The predicted octanol–water partition coefficient (Wildman–Crippen LogP) is 3.58. The zero-order chi connectivity index (χ0) is 14.1. The van der Waals surface area contributed by atoms with E-state index < -0.39 is 5.97 Å². The minimum Gasteiger partial charge on any atom is -0.481 e. The summed E-state index contributed by atoms with van der Waals surface area (Å²) < 4.78 is 0. The summed E-state index contributed by atoms with van der Waals surface area (Å²) >= 11 is 7.74. The first-order chi connectivity index (χ1) is 9.61. The first kappa shape index (κ1) is 13.6. The zero-order valence-electron chi connectivity index (χ0n) is 10.8. The molecule has 1 N–H and O–H groups in total. The molecule has 1 aromatic carbocycles. The molecule has 1 aliphatic rings. The normalized spacial score (nSPS) is 16.1. The molecular formula is C15H14ClNO2S. The fraction of sp³-hybridized carbons (Fsp3) is 0.267. The Kier molecular flexibility index (Phi) is 3.78. The molecule has 0 saturated carbocycles. The predicted molar refractivity (Wildman–Crippen MR) is 81.2 cm³/mol. The van der Waals surface area contributed by atoms with Crippen LogP contribution in [0.5, 0.6) is 0 Å². The molecule has 0 unspecified atom stereocenters. The summed E-state index contributed by atoms with van der Waals surface area (Å²) in [4.78, 5) is 15.4. The van der Waals surface area contributed by atoms with Crippen molar-refractivity contribution >= 4 is 28.9 Å². The van der Waals surface area contributed by atoms with Gasteiger partial charge in [-0.25, -0.2) is 0 Å². The smallest absolute Gasteiger partial charge is 0.309 e. The summed E-state index contributed by atoms with van der Waals surface area (Å²) in [6, 6.07) is 12.0. The highest BCUT2D eigenvalue weighted by Crippen LogP contribution is 2.31. The lowest BCUT2D eigenvalue weighted by Crippen LogP contribution is -2.49. The van der Waals surface area contributed by atoms with Gasteiger partial charge in [-0.3, -0.25) is 9.69 Å². The van der Waals surface area contributed by atoms with E-state index in [9.17, 15) is 4.79 Å². The minimum absolute atomic E-state index is 0.192. The van der Waals surface area contributed by atoms with Crippen molar-refractivity contribution in [3.8, 4) is 10.4 Å². The Bertz CT molecular complexity index is 634. The lowest BCUT2D eigenvalue weighted by molar-refractivity contribution is -0.147. The molecule has 0 amide bonds. The Balaban J connectivity index is 1.65. The highest BCUT2D eigenvalue weighted by atomic mass is 35.5. The molecule has 0 bridgehead atoms. The number of carbonyl (C=O) groups is 1. The number of aliphatic carboxylic acids is 1. The summed E-state index contributed by atoms with van der Waals surface area (Å²) in [6.07, 6.45) is 0. The lowest BCUT2D eigenvalue weighted by Gasteiger charge is -2.36. The molecule has 3 rings (SSSR count). The van der Waals surface area contributed by atoms with E-state index in [1.165, 1.54) is 9.75 Å². The average Bonchev–Trinajstić information content (AvgIpc) is 2.81. The number of nitrogens with zero attached hydrogens (tertiary/aromatic N) is 1. The van der Waals surface area contributed by atoms with Crippen molar-refractivity contribution in [2.45, 2.75) is 6.54 Å². The molecule has 2 aromatic rings. The van der Waals surface area contributed by atoms with Gasteiger partial charge in [0.05, 0.1) is 5.92 Å². The number of halogens is 1. The van der Waals surface area contributed by atoms with E-state index in [1.54, 1.807) is 11.3 Å². The molecule has 0 atom stereocenters. The van der Waals surface area contributed by atoms with Gasteiger partial charge in [0, 0.05) is 34.4 Å². The van der Waals surface area contributed by atoms with Crippen molar-refractivity contribution in [1.29, 1.82) is 0 Å². The van der Waals surface area contributed by atoms with Crippen molar-refractivity contribution in [2.75, 3.05) is 13.1 Å². The number of thiophene rings is 1. The summed E-state index contributed by atoms with van der Waals surface area (Å²) in [7, 11) is 0. The van der Waals surface area contributed by atoms with Gasteiger partial charge < -0.3 is 5.11 Å². The fourth-order valence-electron chi connectivity index (χ4n) is 2.34. The SMILES string of the molecule is O=C(O)C1CN(Cc2ccc(-c3cccc(Cl)c3)s2)C1. The van der Waals surface area contributed by atoms with Crippen LogP contribution in [0.4, 0.5) is 0 Å². The van der Waals surface area contributed by atoms with Crippen molar-refractivity contribution in [1.82, 2.24) is 4.90 Å². The van der Waals surface area contributed by atoms with Crippen LogP contribution in [0.2, 0.25) is 5.02 Å². The van der Waals surface area contributed by atoms with E-state index in [-0.39, 0.29) is 5.92 Å². The Hall–Kier alpha value is -1.36. The van der Waals surface area contributed by atoms with Gasteiger partial charge in [-0.1, -0.05) is 23.7 Å². The Morgan fingerprint density at radius 2 is 2.15 bits per heavy atom. The Morgan fingerprint density at radius 3 is 2.85 bits per heavy atom. The molecule has 1 aromatic heterocycles. The molecule has 5 heteroatoms. The molecule has 3 nitrogen and oxygen atoms in total. The third-order valence-corrected chi connectivity index (χ3v) is 4.81. The number of benzene rings is 1. The topological polar surface area (TPSA) is 40.5 Å². The quantitative estimate of drug-likeness (QED) is 0.938. The summed E-state index contributed by atoms with van der Waals surface area (Å²) in [5, 5.41) is 9.60. The van der Waals surface area contributed by atoms with Crippen LogP contribution in [0, 0.1) is 5.92 Å². The van der Waals surface area contributed by atoms with Gasteiger partial charge in [0.25, 0.3) is 0 Å². The number of hydrogen-bond acceptors (Lipinski definition) is 3. The Labute approximate surface area is 126 Å². The Morgan fingerprint density at radius 1 is 1.35 bits per heavy atom. The lowest BCUT2D eigenvalue weighted by atomic mass is 10.0. The highest BCUT2D eigenvalue weighted by Gasteiger charge is 2.32. The highest BCUT2D eigenvalue weighted by molar-refractivity contribution is 7.15. The molecule has 0 spiro atoms. The standard InChI is InChI=1S/C15H14ClNO2S/c16-12-3-1-2-10(6-12)14-5-4-13(20-14)9-17-7-11(8-17)15(18)19/h1-6,11H,7-9H2,(H,18,19). The van der Waals surface area contributed by atoms with Crippen LogP contribution in [-0.2, 0) is 11.3 Å². The van der Waals surface area contributed by atoms with Crippen LogP contribution < -0.4 is 0 Å². The van der Waals surface area contributed by atoms with Gasteiger partial charge in [0.2, 0.25) is 0 Å². The van der Waals surface area contributed by atoms with Crippen molar-refractivity contribution < 1.29 is 9.90 Å². The molecule has 20 heavy (non-hydrogen) atoms. The van der Waals surface area contributed by atoms with E-state index in [0.29, 0.717) is 13.1 Å².